The average molecular weight is 443 g/mol. The number of aliphatic hydroxyl groups is 1. The van der Waals surface area contributed by atoms with Crippen molar-refractivity contribution in [1.29, 1.82) is 0 Å². The number of hydrogen-bond acceptors (Lipinski definition) is 5. The minimum Gasteiger partial charge on any atom is -0.492 e. The highest BCUT2D eigenvalue weighted by Gasteiger charge is 2.12. The highest BCUT2D eigenvalue weighted by atomic mass is 16.5. The molecule has 1 atom stereocenters. The molecule has 33 heavy (non-hydrogen) atoms. The third-order valence-electron chi connectivity index (χ3n) is 6.35. The normalized spacial score (nSPS) is 15.6. The second-order valence-corrected chi connectivity index (χ2v) is 8.75. The fourth-order valence-corrected chi connectivity index (χ4v) is 4.41. The molecule has 1 unspecified atom stereocenters. The Balaban J connectivity index is 1.29. The molecule has 1 aliphatic rings. The number of fused-ring (bicyclic) bond motifs is 1. The lowest BCUT2D eigenvalue weighted by atomic mass is 10.0. The van der Waals surface area contributed by atoms with Crippen LogP contribution in [0.15, 0.2) is 67.1 Å². The summed E-state index contributed by atoms with van der Waals surface area (Å²) in [6, 6.07) is 16.0. The van der Waals surface area contributed by atoms with Gasteiger partial charge in [-0.25, -0.2) is 9.50 Å². The summed E-state index contributed by atoms with van der Waals surface area (Å²) in [6.07, 6.45) is 9.16. The van der Waals surface area contributed by atoms with Gasteiger partial charge in [0.05, 0.1) is 12.3 Å². The van der Waals surface area contributed by atoms with E-state index in [-0.39, 0.29) is 0 Å². The van der Waals surface area contributed by atoms with E-state index in [4.69, 9.17) is 9.72 Å². The summed E-state index contributed by atoms with van der Waals surface area (Å²) < 4.78 is 7.76. The Bertz CT molecular complexity index is 1210. The number of likely N-dealkylation sites (tertiary alicyclic amines) is 1. The molecule has 2 aromatic carbocycles. The minimum absolute atomic E-state index is 0.511. The van der Waals surface area contributed by atoms with Crippen molar-refractivity contribution in [1.82, 2.24) is 19.5 Å². The summed E-state index contributed by atoms with van der Waals surface area (Å²) in [5, 5.41) is 14.4. The van der Waals surface area contributed by atoms with Gasteiger partial charge in [0.2, 0.25) is 0 Å². The first-order valence-corrected chi connectivity index (χ1v) is 11.7. The maximum atomic E-state index is 9.90. The SMILES string of the molecule is CC(O)c1cccc(-c2cnn3cc(-c4ccc(OCCN5CCCCC5)cc4)cnc23)c1. The lowest BCUT2D eigenvalue weighted by molar-refractivity contribution is 0.183. The van der Waals surface area contributed by atoms with E-state index in [2.05, 4.69) is 22.1 Å². The number of ether oxygens (including phenoxy) is 1. The zero-order valence-corrected chi connectivity index (χ0v) is 19.0. The van der Waals surface area contributed by atoms with Gasteiger partial charge in [0, 0.05) is 30.1 Å². The highest BCUT2D eigenvalue weighted by Crippen LogP contribution is 2.28. The maximum absolute atomic E-state index is 9.90. The van der Waals surface area contributed by atoms with Gasteiger partial charge in [-0.1, -0.05) is 36.8 Å². The van der Waals surface area contributed by atoms with E-state index in [9.17, 15) is 5.11 Å². The van der Waals surface area contributed by atoms with Gasteiger partial charge in [0.1, 0.15) is 12.4 Å². The summed E-state index contributed by atoms with van der Waals surface area (Å²) in [7, 11) is 0. The van der Waals surface area contributed by atoms with Gasteiger partial charge < -0.3 is 9.84 Å². The molecule has 3 heterocycles. The molecule has 1 saturated heterocycles. The second kappa shape index (κ2) is 9.73. The number of hydrogen-bond donors (Lipinski definition) is 1. The number of nitrogens with zero attached hydrogens (tertiary/aromatic N) is 4. The van der Waals surface area contributed by atoms with E-state index in [0.29, 0.717) is 0 Å². The molecule has 0 aliphatic carbocycles. The van der Waals surface area contributed by atoms with E-state index in [1.54, 1.807) is 6.92 Å². The molecule has 1 aliphatic heterocycles. The molecule has 0 spiro atoms. The first-order chi connectivity index (χ1) is 16.2. The Kier molecular flexibility index (Phi) is 6.37. The topological polar surface area (TPSA) is 62.9 Å². The summed E-state index contributed by atoms with van der Waals surface area (Å²) in [5.41, 5.74) is 5.67. The summed E-state index contributed by atoms with van der Waals surface area (Å²) in [4.78, 5) is 7.18. The first kappa shape index (κ1) is 21.6. The van der Waals surface area contributed by atoms with Gasteiger partial charge in [-0.2, -0.15) is 5.10 Å². The predicted octanol–water partition coefficient (Wildman–Crippen LogP) is 4.98. The Labute approximate surface area is 194 Å². The van der Waals surface area contributed by atoms with Crippen molar-refractivity contribution in [3.05, 3.63) is 72.7 Å². The summed E-state index contributed by atoms with van der Waals surface area (Å²) in [5.74, 6) is 0.893. The fourth-order valence-electron chi connectivity index (χ4n) is 4.41. The van der Waals surface area contributed by atoms with Crippen molar-refractivity contribution in [2.24, 2.45) is 0 Å². The molecular formula is C27H30N4O2. The third kappa shape index (κ3) is 4.92. The Morgan fingerprint density at radius 1 is 0.970 bits per heavy atom. The Morgan fingerprint density at radius 3 is 2.58 bits per heavy atom. The number of piperidine rings is 1. The minimum atomic E-state index is -0.511. The molecule has 1 N–H and O–H groups in total. The van der Waals surface area contributed by atoms with Crippen LogP contribution in [-0.2, 0) is 0 Å². The zero-order valence-electron chi connectivity index (χ0n) is 19.0. The molecule has 0 saturated carbocycles. The molecule has 170 valence electrons. The Hall–Kier alpha value is -3.22. The van der Waals surface area contributed by atoms with Crippen LogP contribution in [0.5, 0.6) is 5.75 Å². The molecule has 0 amide bonds. The number of benzene rings is 2. The molecule has 4 aromatic rings. The van der Waals surface area contributed by atoms with Crippen molar-refractivity contribution < 1.29 is 9.84 Å². The van der Waals surface area contributed by atoms with Crippen LogP contribution in [-0.4, -0.2) is 50.8 Å². The van der Waals surface area contributed by atoms with E-state index in [1.165, 1.54) is 32.4 Å². The van der Waals surface area contributed by atoms with Crippen molar-refractivity contribution in [2.75, 3.05) is 26.2 Å². The number of rotatable bonds is 7. The average Bonchev–Trinajstić information content (AvgIpc) is 3.29. The molecule has 0 bridgehead atoms. The van der Waals surface area contributed by atoms with E-state index in [0.717, 1.165) is 52.4 Å². The zero-order chi connectivity index (χ0) is 22.6. The second-order valence-electron chi connectivity index (χ2n) is 8.75. The number of aliphatic hydroxyl groups excluding tert-OH is 1. The third-order valence-corrected chi connectivity index (χ3v) is 6.35. The highest BCUT2D eigenvalue weighted by molar-refractivity contribution is 5.78. The van der Waals surface area contributed by atoms with Gasteiger partial charge in [-0.3, -0.25) is 4.90 Å². The largest absolute Gasteiger partial charge is 0.492 e. The van der Waals surface area contributed by atoms with Crippen LogP contribution < -0.4 is 4.74 Å². The number of aromatic nitrogens is 3. The fraction of sp³-hybridized carbons (Fsp3) is 0.333. The molecule has 0 radical (unpaired) electrons. The van der Waals surface area contributed by atoms with Crippen LogP contribution in [0.4, 0.5) is 0 Å². The summed E-state index contributed by atoms with van der Waals surface area (Å²) in [6.45, 7) is 5.87. The quantitative estimate of drug-likeness (QED) is 0.437. The predicted molar refractivity (Wildman–Crippen MR) is 130 cm³/mol. The van der Waals surface area contributed by atoms with Gasteiger partial charge in [0.25, 0.3) is 0 Å². The van der Waals surface area contributed by atoms with Gasteiger partial charge in [-0.15, -0.1) is 0 Å². The van der Waals surface area contributed by atoms with Crippen molar-refractivity contribution in [3.63, 3.8) is 0 Å². The van der Waals surface area contributed by atoms with Gasteiger partial charge in [0.15, 0.2) is 5.65 Å². The van der Waals surface area contributed by atoms with Crippen LogP contribution in [0.3, 0.4) is 0 Å². The molecule has 2 aromatic heterocycles. The van der Waals surface area contributed by atoms with Crippen molar-refractivity contribution in [2.45, 2.75) is 32.3 Å². The smallest absolute Gasteiger partial charge is 0.162 e. The monoisotopic (exact) mass is 442 g/mol. The standard InChI is InChI=1S/C27H30N4O2/c1-20(32)22-6-5-7-23(16-22)26-18-29-31-19-24(17-28-27(26)31)21-8-10-25(11-9-21)33-15-14-30-12-3-2-4-13-30/h5-11,16-20,32H,2-4,12-15H2,1H3. The van der Waals surface area contributed by atoms with Crippen LogP contribution in [0.25, 0.3) is 27.9 Å². The van der Waals surface area contributed by atoms with Gasteiger partial charge in [-0.05, 0) is 67.7 Å². The maximum Gasteiger partial charge on any atom is 0.162 e. The van der Waals surface area contributed by atoms with Crippen LogP contribution in [0.2, 0.25) is 0 Å². The molecule has 1 fully saturated rings. The summed E-state index contributed by atoms with van der Waals surface area (Å²) >= 11 is 0. The van der Waals surface area contributed by atoms with Gasteiger partial charge >= 0.3 is 0 Å². The Morgan fingerprint density at radius 2 is 1.79 bits per heavy atom. The first-order valence-electron chi connectivity index (χ1n) is 11.7. The van der Waals surface area contributed by atoms with Crippen molar-refractivity contribution >= 4 is 5.65 Å². The van der Waals surface area contributed by atoms with Crippen molar-refractivity contribution in [3.8, 4) is 28.0 Å². The van der Waals surface area contributed by atoms with E-state index in [1.807, 2.05) is 59.5 Å². The van der Waals surface area contributed by atoms with E-state index >= 15 is 0 Å². The van der Waals surface area contributed by atoms with Crippen LogP contribution >= 0.6 is 0 Å². The molecule has 6 nitrogen and oxygen atoms in total. The molecule has 5 rings (SSSR count). The van der Waals surface area contributed by atoms with Crippen LogP contribution in [0, 0.1) is 0 Å². The lowest BCUT2D eigenvalue weighted by Gasteiger charge is -2.26. The lowest BCUT2D eigenvalue weighted by Crippen LogP contribution is -2.33. The molecule has 6 heteroatoms. The molecular weight excluding hydrogens is 412 g/mol. The van der Waals surface area contributed by atoms with Crippen LogP contribution in [0.1, 0.15) is 37.9 Å². The van der Waals surface area contributed by atoms with E-state index < -0.39 is 6.10 Å².